The molecule has 0 atom stereocenters. The van der Waals surface area contributed by atoms with Crippen LogP contribution in [-0.2, 0) is 0 Å². The van der Waals surface area contributed by atoms with Gasteiger partial charge in [-0.05, 0) is 43.0 Å². The standard InChI is InChI=1S/C13H18O2/c1-8(2)11-7-12(10(4)14)9(3)6-13(11)15-5/h6-8H,1-5H3. The van der Waals surface area contributed by atoms with Crippen LogP contribution in [0.15, 0.2) is 12.1 Å². The lowest BCUT2D eigenvalue weighted by molar-refractivity contribution is 0.101. The number of hydrogen-bond donors (Lipinski definition) is 0. The predicted molar refractivity (Wildman–Crippen MR) is 61.8 cm³/mol. The molecule has 0 aliphatic carbocycles. The highest BCUT2D eigenvalue weighted by Crippen LogP contribution is 2.29. The van der Waals surface area contributed by atoms with Gasteiger partial charge >= 0.3 is 0 Å². The van der Waals surface area contributed by atoms with Crippen LogP contribution < -0.4 is 4.74 Å². The summed E-state index contributed by atoms with van der Waals surface area (Å²) in [5, 5.41) is 0. The number of hydrogen-bond acceptors (Lipinski definition) is 2. The summed E-state index contributed by atoms with van der Waals surface area (Å²) in [5.41, 5.74) is 2.86. The molecule has 2 nitrogen and oxygen atoms in total. The fourth-order valence-electron chi connectivity index (χ4n) is 1.71. The van der Waals surface area contributed by atoms with E-state index >= 15 is 0 Å². The van der Waals surface area contributed by atoms with Crippen molar-refractivity contribution in [3.63, 3.8) is 0 Å². The second-order valence-corrected chi connectivity index (χ2v) is 4.12. The SMILES string of the molecule is COc1cc(C)c(C(C)=O)cc1C(C)C. The Labute approximate surface area is 91.3 Å². The van der Waals surface area contributed by atoms with E-state index in [1.807, 2.05) is 19.1 Å². The third-order valence-electron chi connectivity index (χ3n) is 2.58. The Morgan fingerprint density at radius 3 is 2.33 bits per heavy atom. The van der Waals surface area contributed by atoms with Crippen LogP contribution in [0, 0.1) is 6.92 Å². The van der Waals surface area contributed by atoms with Gasteiger partial charge in [0.05, 0.1) is 7.11 Å². The van der Waals surface area contributed by atoms with E-state index < -0.39 is 0 Å². The van der Waals surface area contributed by atoms with Crippen molar-refractivity contribution >= 4 is 5.78 Å². The second kappa shape index (κ2) is 4.47. The molecule has 82 valence electrons. The van der Waals surface area contributed by atoms with Crippen molar-refractivity contribution in [2.75, 3.05) is 7.11 Å². The molecule has 0 bridgehead atoms. The van der Waals surface area contributed by atoms with E-state index in [-0.39, 0.29) is 5.78 Å². The number of rotatable bonds is 3. The predicted octanol–water partition coefficient (Wildman–Crippen LogP) is 3.33. The first-order chi connectivity index (χ1) is 6.97. The maximum atomic E-state index is 11.4. The Balaban J connectivity index is 3.37. The van der Waals surface area contributed by atoms with E-state index in [1.54, 1.807) is 14.0 Å². The zero-order valence-corrected chi connectivity index (χ0v) is 10.0. The van der Waals surface area contributed by atoms with Crippen molar-refractivity contribution in [3.8, 4) is 5.75 Å². The Morgan fingerprint density at radius 1 is 1.33 bits per heavy atom. The number of benzene rings is 1. The minimum absolute atomic E-state index is 0.108. The molecule has 2 heteroatoms. The first-order valence-corrected chi connectivity index (χ1v) is 5.16. The Kier molecular flexibility index (Phi) is 3.51. The van der Waals surface area contributed by atoms with Gasteiger partial charge in [0.15, 0.2) is 5.78 Å². The van der Waals surface area contributed by atoms with Crippen molar-refractivity contribution in [2.45, 2.75) is 33.6 Å². The van der Waals surface area contributed by atoms with Gasteiger partial charge in [-0.15, -0.1) is 0 Å². The van der Waals surface area contributed by atoms with Crippen molar-refractivity contribution in [1.82, 2.24) is 0 Å². The van der Waals surface area contributed by atoms with E-state index in [0.717, 1.165) is 22.4 Å². The fourth-order valence-corrected chi connectivity index (χ4v) is 1.71. The van der Waals surface area contributed by atoms with Crippen molar-refractivity contribution < 1.29 is 9.53 Å². The molecule has 0 N–H and O–H groups in total. The zero-order valence-electron chi connectivity index (χ0n) is 10.0. The van der Waals surface area contributed by atoms with Crippen molar-refractivity contribution in [3.05, 3.63) is 28.8 Å². The van der Waals surface area contributed by atoms with Gasteiger partial charge in [-0.25, -0.2) is 0 Å². The van der Waals surface area contributed by atoms with Crippen LogP contribution in [0.25, 0.3) is 0 Å². The van der Waals surface area contributed by atoms with Crippen LogP contribution in [0.5, 0.6) is 5.75 Å². The second-order valence-electron chi connectivity index (χ2n) is 4.12. The van der Waals surface area contributed by atoms with Gasteiger partial charge in [0.25, 0.3) is 0 Å². The average Bonchev–Trinajstić information content (AvgIpc) is 2.16. The number of carbonyl (C=O) groups is 1. The van der Waals surface area contributed by atoms with E-state index in [2.05, 4.69) is 13.8 Å². The number of carbonyl (C=O) groups excluding carboxylic acids is 1. The van der Waals surface area contributed by atoms with Crippen LogP contribution in [0.1, 0.15) is 48.2 Å². The summed E-state index contributed by atoms with van der Waals surface area (Å²) in [6.07, 6.45) is 0. The van der Waals surface area contributed by atoms with Crippen LogP contribution in [0.4, 0.5) is 0 Å². The lowest BCUT2D eigenvalue weighted by Gasteiger charge is -2.14. The van der Waals surface area contributed by atoms with E-state index in [1.165, 1.54) is 0 Å². The van der Waals surface area contributed by atoms with E-state index in [0.29, 0.717) is 5.92 Å². The van der Waals surface area contributed by atoms with Gasteiger partial charge in [-0.1, -0.05) is 13.8 Å². The molecule has 0 aliphatic rings. The maximum Gasteiger partial charge on any atom is 0.160 e. The molecule has 0 spiro atoms. The van der Waals surface area contributed by atoms with E-state index in [9.17, 15) is 4.79 Å². The minimum atomic E-state index is 0.108. The van der Waals surface area contributed by atoms with Crippen LogP contribution in [0.3, 0.4) is 0 Å². The third kappa shape index (κ3) is 2.38. The Bertz CT molecular complexity index is 378. The smallest absolute Gasteiger partial charge is 0.160 e. The summed E-state index contributed by atoms with van der Waals surface area (Å²) in [5.74, 6) is 1.34. The Hall–Kier alpha value is -1.31. The average molecular weight is 206 g/mol. The molecule has 0 aliphatic heterocycles. The molecule has 0 amide bonds. The van der Waals surface area contributed by atoms with Gasteiger partial charge in [-0.2, -0.15) is 0 Å². The summed E-state index contributed by atoms with van der Waals surface area (Å²) in [7, 11) is 1.66. The minimum Gasteiger partial charge on any atom is -0.496 e. The van der Waals surface area contributed by atoms with Crippen LogP contribution in [0.2, 0.25) is 0 Å². The topological polar surface area (TPSA) is 26.3 Å². The molecule has 0 radical (unpaired) electrons. The lowest BCUT2D eigenvalue weighted by atomic mass is 9.95. The monoisotopic (exact) mass is 206 g/mol. The summed E-state index contributed by atoms with van der Waals surface area (Å²) in [4.78, 5) is 11.4. The van der Waals surface area contributed by atoms with E-state index in [4.69, 9.17) is 4.74 Å². The summed E-state index contributed by atoms with van der Waals surface area (Å²) in [6, 6.07) is 3.88. The normalized spacial score (nSPS) is 10.5. The summed E-state index contributed by atoms with van der Waals surface area (Å²) >= 11 is 0. The molecule has 15 heavy (non-hydrogen) atoms. The maximum absolute atomic E-state index is 11.4. The van der Waals surface area contributed by atoms with Crippen molar-refractivity contribution in [1.29, 1.82) is 0 Å². The van der Waals surface area contributed by atoms with Crippen molar-refractivity contribution in [2.24, 2.45) is 0 Å². The summed E-state index contributed by atoms with van der Waals surface area (Å²) in [6.45, 7) is 7.72. The van der Waals surface area contributed by atoms with Crippen LogP contribution in [-0.4, -0.2) is 12.9 Å². The van der Waals surface area contributed by atoms with Gasteiger partial charge < -0.3 is 4.74 Å². The van der Waals surface area contributed by atoms with Crippen LogP contribution >= 0.6 is 0 Å². The fraction of sp³-hybridized carbons (Fsp3) is 0.462. The molecule has 0 saturated carbocycles. The highest BCUT2D eigenvalue weighted by Gasteiger charge is 2.12. The van der Waals surface area contributed by atoms with Gasteiger partial charge in [0.1, 0.15) is 5.75 Å². The number of aryl methyl sites for hydroxylation is 1. The van der Waals surface area contributed by atoms with Gasteiger partial charge in [0.2, 0.25) is 0 Å². The first kappa shape index (κ1) is 11.8. The molecule has 0 saturated heterocycles. The number of Topliss-reactive ketones (excluding diaryl/α,β-unsaturated/α-hetero) is 1. The zero-order chi connectivity index (χ0) is 11.6. The molecule has 1 aromatic carbocycles. The molecule has 0 aromatic heterocycles. The highest BCUT2D eigenvalue weighted by atomic mass is 16.5. The molecular weight excluding hydrogens is 188 g/mol. The van der Waals surface area contributed by atoms with Gasteiger partial charge in [0, 0.05) is 5.56 Å². The number of methoxy groups -OCH3 is 1. The third-order valence-corrected chi connectivity index (χ3v) is 2.58. The molecule has 0 unspecified atom stereocenters. The molecule has 0 fully saturated rings. The Morgan fingerprint density at radius 2 is 1.93 bits per heavy atom. The van der Waals surface area contributed by atoms with Gasteiger partial charge in [-0.3, -0.25) is 4.79 Å². The number of ketones is 1. The number of ether oxygens (including phenoxy) is 1. The summed E-state index contributed by atoms with van der Waals surface area (Å²) < 4.78 is 5.31. The molecule has 1 rings (SSSR count). The quantitative estimate of drug-likeness (QED) is 0.709. The molecule has 0 heterocycles. The molecule has 1 aromatic rings. The largest absolute Gasteiger partial charge is 0.496 e. The highest BCUT2D eigenvalue weighted by molar-refractivity contribution is 5.96. The lowest BCUT2D eigenvalue weighted by Crippen LogP contribution is -2.02. The molecular formula is C13H18O2. The first-order valence-electron chi connectivity index (χ1n) is 5.16.